The topological polar surface area (TPSA) is 71.1 Å². The summed E-state index contributed by atoms with van der Waals surface area (Å²) in [6.07, 6.45) is 2.96. The molecule has 0 atom stereocenters. The fourth-order valence-electron chi connectivity index (χ4n) is 3.42. The number of carbonyl (C=O) groups is 2. The first-order valence-corrected chi connectivity index (χ1v) is 10.7. The van der Waals surface area contributed by atoms with Gasteiger partial charge in [-0.1, -0.05) is 67.9 Å². The van der Waals surface area contributed by atoms with Gasteiger partial charge in [-0.25, -0.2) is 0 Å². The number of anilines is 1. The number of ketones is 1. The van der Waals surface area contributed by atoms with Crippen molar-refractivity contribution in [3.63, 3.8) is 0 Å². The van der Waals surface area contributed by atoms with Gasteiger partial charge >= 0.3 is 0 Å². The molecule has 3 rings (SSSR count). The van der Waals surface area contributed by atoms with Gasteiger partial charge < -0.3 is 10.6 Å². The van der Waals surface area contributed by atoms with E-state index in [2.05, 4.69) is 40.7 Å². The zero-order valence-electron chi connectivity index (χ0n) is 18.4. The number of pyridine rings is 1. The zero-order chi connectivity index (χ0) is 22.2. The third-order valence-electron chi connectivity index (χ3n) is 5.11. The second kappa shape index (κ2) is 10.6. The summed E-state index contributed by atoms with van der Waals surface area (Å²) in [6.45, 7) is 6.67. The molecule has 2 aromatic carbocycles. The molecule has 0 bridgehead atoms. The van der Waals surface area contributed by atoms with Crippen LogP contribution in [0.25, 0.3) is 11.1 Å². The highest BCUT2D eigenvalue weighted by molar-refractivity contribution is 6.04. The summed E-state index contributed by atoms with van der Waals surface area (Å²) in [6, 6.07) is 18.2. The maximum absolute atomic E-state index is 12.6. The summed E-state index contributed by atoms with van der Waals surface area (Å²) in [4.78, 5) is 29.3. The summed E-state index contributed by atoms with van der Waals surface area (Å²) in [5, 5.41) is 6.03. The van der Waals surface area contributed by atoms with Crippen LogP contribution in [0.15, 0.2) is 60.8 Å². The maximum atomic E-state index is 12.6. The number of hydrogen-bond donors (Lipinski definition) is 2. The summed E-state index contributed by atoms with van der Waals surface area (Å²) in [5.74, 6) is -0.309. The van der Waals surface area contributed by atoms with E-state index in [-0.39, 0.29) is 18.2 Å². The Hall–Kier alpha value is -3.31. The van der Waals surface area contributed by atoms with E-state index in [1.807, 2.05) is 43.3 Å². The van der Waals surface area contributed by atoms with Gasteiger partial charge in [-0.2, -0.15) is 0 Å². The second-order valence-corrected chi connectivity index (χ2v) is 7.59. The van der Waals surface area contributed by atoms with E-state index < -0.39 is 0 Å². The predicted octanol–water partition coefficient (Wildman–Crippen LogP) is 4.94. The number of nitrogens with one attached hydrogen (secondary N) is 2. The Kier molecular flexibility index (Phi) is 7.68. The van der Waals surface area contributed by atoms with Crippen LogP contribution >= 0.6 is 0 Å². The molecule has 160 valence electrons. The standard InChI is InChI=1S/C26H29N3O2/c1-4-19-9-7-11-21(13-19)22-14-23(26(28-16-22)24(30)5-2)29-25(31)17-27-15-20-10-6-8-18(3)12-20/h6-14,16,27H,4-5,15,17H2,1-3H3,(H,29,31). The number of hydrogen-bond acceptors (Lipinski definition) is 4. The molecule has 1 heterocycles. The normalized spacial score (nSPS) is 10.7. The lowest BCUT2D eigenvalue weighted by atomic mass is 10.0. The van der Waals surface area contributed by atoms with Gasteiger partial charge in [-0.15, -0.1) is 0 Å². The summed E-state index contributed by atoms with van der Waals surface area (Å²) >= 11 is 0. The first-order chi connectivity index (χ1) is 15.0. The van der Waals surface area contributed by atoms with Gasteiger partial charge in [0.15, 0.2) is 5.78 Å². The van der Waals surface area contributed by atoms with Crippen molar-refractivity contribution in [2.24, 2.45) is 0 Å². The molecule has 0 aliphatic carbocycles. The molecular weight excluding hydrogens is 386 g/mol. The summed E-state index contributed by atoms with van der Waals surface area (Å²) in [5.41, 5.74) is 6.15. The van der Waals surface area contributed by atoms with Crippen LogP contribution in [0.5, 0.6) is 0 Å². The Labute approximate surface area is 183 Å². The van der Waals surface area contributed by atoms with Gasteiger partial charge in [0.05, 0.1) is 12.2 Å². The molecule has 0 saturated heterocycles. The molecule has 3 aromatic rings. The molecule has 31 heavy (non-hydrogen) atoms. The van der Waals surface area contributed by atoms with Gasteiger partial charge in [-0.05, 0) is 36.1 Å². The van der Waals surface area contributed by atoms with Crippen molar-refractivity contribution in [2.45, 2.75) is 40.2 Å². The summed E-state index contributed by atoms with van der Waals surface area (Å²) in [7, 11) is 0. The fraction of sp³-hybridized carbons (Fsp3) is 0.269. The van der Waals surface area contributed by atoms with E-state index in [0.717, 1.165) is 23.1 Å². The molecule has 0 aliphatic heterocycles. The van der Waals surface area contributed by atoms with Crippen LogP contribution in [-0.4, -0.2) is 23.2 Å². The molecule has 0 saturated carbocycles. The largest absolute Gasteiger partial charge is 0.323 e. The number of Topliss-reactive ketones (excluding diaryl/α,β-unsaturated/α-hetero) is 1. The van der Waals surface area contributed by atoms with Crippen LogP contribution in [0.3, 0.4) is 0 Å². The minimum Gasteiger partial charge on any atom is -0.323 e. The van der Waals surface area contributed by atoms with Gasteiger partial charge in [0.1, 0.15) is 5.69 Å². The van der Waals surface area contributed by atoms with Crippen molar-refractivity contribution >= 4 is 17.4 Å². The Balaban J connectivity index is 1.75. The quantitative estimate of drug-likeness (QED) is 0.486. The molecule has 0 aliphatic rings. The molecule has 5 nitrogen and oxygen atoms in total. The van der Waals surface area contributed by atoms with Gasteiger partial charge in [0, 0.05) is 24.7 Å². The Morgan fingerprint density at radius 3 is 2.45 bits per heavy atom. The predicted molar refractivity (Wildman–Crippen MR) is 125 cm³/mol. The molecule has 2 N–H and O–H groups in total. The molecular formula is C26H29N3O2. The third-order valence-corrected chi connectivity index (χ3v) is 5.11. The first-order valence-electron chi connectivity index (χ1n) is 10.7. The van der Waals surface area contributed by atoms with Gasteiger partial charge in [0.25, 0.3) is 0 Å². The van der Waals surface area contributed by atoms with E-state index in [1.54, 1.807) is 13.1 Å². The Morgan fingerprint density at radius 2 is 1.71 bits per heavy atom. The smallest absolute Gasteiger partial charge is 0.238 e. The van der Waals surface area contributed by atoms with E-state index in [9.17, 15) is 9.59 Å². The first kappa shape index (κ1) is 22.4. The number of aromatic nitrogens is 1. The van der Waals surface area contributed by atoms with Crippen LogP contribution in [0.4, 0.5) is 5.69 Å². The number of aryl methyl sites for hydroxylation is 2. The monoisotopic (exact) mass is 415 g/mol. The molecule has 5 heteroatoms. The molecule has 0 fully saturated rings. The zero-order valence-corrected chi connectivity index (χ0v) is 18.4. The average Bonchev–Trinajstić information content (AvgIpc) is 2.78. The molecule has 0 unspecified atom stereocenters. The lowest BCUT2D eigenvalue weighted by molar-refractivity contribution is -0.115. The van der Waals surface area contributed by atoms with E-state index in [1.165, 1.54) is 11.1 Å². The van der Waals surface area contributed by atoms with Crippen molar-refractivity contribution in [1.29, 1.82) is 0 Å². The van der Waals surface area contributed by atoms with E-state index in [4.69, 9.17) is 0 Å². The maximum Gasteiger partial charge on any atom is 0.238 e. The average molecular weight is 416 g/mol. The van der Waals surface area contributed by atoms with Crippen LogP contribution < -0.4 is 10.6 Å². The second-order valence-electron chi connectivity index (χ2n) is 7.59. The van der Waals surface area contributed by atoms with Crippen molar-refractivity contribution in [2.75, 3.05) is 11.9 Å². The highest BCUT2D eigenvalue weighted by Gasteiger charge is 2.15. The SMILES string of the molecule is CCC(=O)c1ncc(-c2cccc(CC)c2)cc1NC(=O)CNCc1cccc(C)c1. The minimum atomic E-state index is -0.209. The third kappa shape index (κ3) is 6.09. The lowest BCUT2D eigenvalue weighted by Gasteiger charge is -2.13. The van der Waals surface area contributed by atoms with Crippen molar-refractivity contribution in [3.8, 4) is 11.1 Å². The van der Waals surface area contributed by atoms with Crippen molar-refractivity contribution in [3.05, 3.63) is 83.2 Å². The molecule has 0 radical (unpaired) electrons. The minimum absolute atomic E-state index is 0.100. The van der Waals surface area contributed by atoms with Gasteiger partial charge in [-0.3, -0.25) is 14.6 Å². The molecule has 0 spiro atoms. The fourth-order valence-corrected chi connectivity index (χ4v) is 3.42. The Morgan fingerprint density at radius 1 is 0.935 bits per heavy atom. The van der Waals surface area contributed by atoms with Crippen molar-refractivity contribution < 1.29 is 9.59 Å². The van der Waals surface area contributed by atoms with Crippen LogP contribution in [0, 0.1) is 6.92 Å². The number of nitrogens with zero attached hydrogens (tertiary/aromatic N) is 1. The number of amides is 1. The molecule has 1 aromatic heterocycles. The van der Waals surface area contributed by atoms with Crippen molar-refractivity contribution in [1.82, 2.24) is 10.3 Å². The number of benzene rings is 2. The molecule has 1 amide bonds. The Bertz CT molecular complexity index is 1080. The van der Waals surface area contributed by atoms with Gasteiger partial charge in [0.2, 0.25) is 5.91 Å². The van der Waals surface area contributed by atoms with Crippen LogP contribution in [0.2, 0.25) is 0 Å². The summed E-state index contributed by atoms with van der Waals surface area (Å²) < 4.78 is 0. The van der Waals surface area contributed by atoms with E-state index in [0.29, 0.717) is 24.3 Å². The lowest BCUT2D eigenvalue weighted by Crippen LogP contribution is -2.28. The van der Waals surface area contributed by atoms with E-state index >= 15 is 0 Å². The van der Waals surface area contributed by atoms with Crippen LogP contribution in [0.1, 0.15) is 47.4 Å². The van der Waals surface area contributed by atoms with Crippen LogP contribution in [-0.2, 0) is 17.8 Å². The number of rotatable bonds is 9. The highest BCUT2D eigenvalue weighted by atomic mass is 16.2. The number of carbonyl (C=O) groups excluding carboxylic acids is 2. The highest BCUT2D eigenvalue weighted by Crippen LogP contribution is 2.26.